The molecule has 1 fully saturated rings. The van der Waals surface area contributed by atoms with Crippen LogP contribution < -0.4 is 4.74 Å². The lowest BCUT2D eigenvalue weighted by Crippen LogP contribution is -2.44. The summed E-state index contributed by atoms with van der Waals surface area (Å²) in [5, 5.41) is 8.85. The molecule has 6 nitrogen and oxygen atoms in total. The largest absolute Gasteiger partial charge is 0.481 e. The smallest absolute Gasteiger partial charge is 0.263 e. The minimum atomic E-state index is -0.575. The number of rotatable bonds is 4. The zero-order valence-corrected chi connectivity index (χ0v) is 15.7. The lowest BCUT2D eigenvalue weighted by Gasteiger charge is -2.32. The highest BCUT2D eigenvalue weighted by Crippen LogP contribution is 2.30. The van der Waals surface area contributed by atoms with Crippen molar-refractivity contribution in [1.29, 1.82) is 5.26 Å². The highest BCUT2D eigenvalue weighted by atomic mass is 16.5. The molecule has 1 atom stereocenters. The minimum Gasteiger partial charge on any atom is -0.481 e. The molecule has 1 saturated heterocycles. The van der Waals surface area contributed by atoms with E-state index < -0.39 is 6.10 Å². The van der Waals surface area contributed by atoms with Crippen LogP contribution in [0.15, 0.2) is 52.9 Å². The summed E-state index contributed by atoms with van der Waals surface area (Å²) >= 11 is 0. The third-order valence-corrected chi connectivity index (χ3v) is 5.11. The third-order valence-electron chi connectivity index (χ3n) is 5.11. The summed E-state index contributed by atoms with van der Waals surface area (Å²) in [5.74, 6) is 1.54. The molecular weight excluding hydrogens is 354 g/mol. The van der Waals surface area contributed by atoms with Gasteiger partial charge in [-0.2, -0.15) is 5.26 Å². The van der Waals surface area contributed by atoms with Crippen molar-refractivity contribution in [2.45, 2.75) is 31.8 Å². The van der Waals surface area contributed by atoms with E-state index in [0.717, 1.165) is 29.8 Å². The van der Waals surface area contributed by atoms with E-state index in [-0.39, 0.29) is 11.8 Å². The zero-order chi connectivity index (χ0) is 19.5. The van der Waals surface area contributed by atoms with Crippen molar-refractivity contribution in [2.24, 2.45) is 0 Å². The SMILES string of the molecule is CC(Oc1ccc(C#N)cc1)C(=O)N1CCC(c2nc3ccccc3o2)CC1. The number of oxazole rings is 1. The maximum Gasteiger partial charge on any atom is 0.263 e. The van der Waals surface area contributed by atoms with Gasteiger partial charge in [-0.15, -0.1) is 0 Å². The lowest BCUT2D eigenvalue weighted by molar-refractivity contribution is -0.139. The van der Waals surface area contributed by atoms with Gasteiger partial charge in [0, 0.05) is 19.0 Å². The van der Waals surface area contributed by atoms with Crippen molar-refractivity contribution in [3.8, 4) is 11.8 Å². The number of ether oxygens (including phenoxy) is 1. The van der Waals surface area contributed by atoms with Gasteiger partial charge in [-0.05, 0) is 56.2 Å². The highest BCUT2D eigenvalue weighted by Gasteiger charge is 2.29. The number of piperidine rings is 1. The second kappa shape index (κ2) is 7.73. The van der Waals surface area contributed by atoms with Crippen LogP contribution in [0, 0.1) is 11.3 Å². The second-order valence-corrected chi connectivity index (χ2v) is 7.02. The number of para-hydroxylation sites is 2. The first-order valence-electron chi connectivity index (χ1n) is 9.45. The number of fused-ring (bicyclic) bond motifs is 1. The maximum atomic E-state index is 12.7. The van der Waals surface area contributed by atoms with Crippen molar-refractivity contribution in [3.63, 3.8) is 0 Å². The van der Waals surface area contributed by atoms with Crippen LogP contribution in [0.3, 0.4) is 0 Å². The molecule has 2 aromatic carbocycles. The first-order valence-corrected chi connectivity index (χ1v) is 9.45. The van der Waals surface area contributed by atoms with Gasteiger partial charge in [-0.1, -0.05) is 12.1 Å². The van der Waals surface area contributed by atoms with E-state index in [1.54, 1.807) is 31.2 Å². The molecule has 0 N–H and O–H groups in total. The monoisotopic (exact) mass is 375 g/mol. The molecule has 2 heterocycles. The molecule has 0 aliphatic carbocycles. The van der Waals surface area contributed by atoms with Crippen molar-refractivity contribution < 1.29 is 13.9 Å². The molecular formula is C22H21N3O3. The Labute approximate surface area is 163 Å². The van der Waals surface area contributed by atoms with Crippen LogP contribution in [0.25, 0.3) is 11.1 Å². The molecule has 1 aliphatic rings. The van der Waals surface area contributed by atoms with Crippen LogP contribution in [-0.4, -0.2) is 35.0 Å². The van der Waals surface area contributed by atoms with E-state index in [2.05, 4.69) is 11.1 Å². The Bertz CT molecular complexity index is 978. The van der Waals surface area contributed by atoms with E-state index in [0.29, 0.717) is 24.4 Å². The average Bonchev–Trinajstić information content (AvgIpc) is 3.18. The van der Waals surface area contributed by atoms with Gasteiger partial charge in [0.25, 0.3) is 5.91 Å². The summed E-state index contributed by atoms with van der Waals surface area (Å²) in [4.78, 5) is 19.2. The van der Waals surface area contributed by atoms with Crippen LogP contribution in [0.1, 0.15) is 37.1 Å². The van der Waals surface area contributed by atoms with E-state index in [1.165, 1.54) is 0 Å². The molecule has 1 aromatic heterocycles. The van der Waals surface area contributed by atoms with E-state index >= 15 is 0 Å². The molecule has 28 heavy (non-hydrogen) atoms. The molecule has 1 amide bonds. The molecule has 1 unspecified atom stereocenters. The van der Waals surface area contributed by atoms with Crippen LogP contribution in [0.5, 0.6) is 5.75 Å². The molecule has 4 rings (SSSR count). The lowest BCUT2D eigenvalue weighted by atomic mass is 9.96. The number of nitriles is 1. The molecule has 1 aliphatic heterocycles. The fraction of sp³-hybridized carbons (Fsp3) is 0.318. The van der Waals surface area contributed by atoms with Gasteiger partial charge < -0.3 is 14.1 Å². The molecule has 0 bridgehead atoms. The van der Waals surface area contributed by atoms with Crippen molar-refractivity contribution >= 4 is 17.0 Å². The van der Waals surface area contributed by atoms with Gasteiger partial charge in [0.2, 0.25) is 0 Å². The van der Waals surface area contributed by atoms with Crippen molar-refractivity contribution in [2.75, 3.05) is 13.1 Å². The van der Waals surface area contributed by atoms with Gasteiger partial charge in [0.1, 0.15) is 11.3 Å². The molecule has 0 saturated carbocycles. The Kier molecular flexibility index (Phi) is 4.98. The number of hydrogen-bond acceptors (Lipinski definition) is 5. The number of nitrogens with zero attached hydrogens (tertiary/aromatic N) is 3. The number of aromatic nitrogens is 1. The fourth-order valence-corrected chi connectivity index (χ4v) is 3.53. The maximum absolute atomic E-state index is 12.7. The van der Waals surface area contributed by atoms with Crippen LogP contribution in [0.2, 0.25) is 0 Å². The summed E-state index contributed by atoms with van der Waals surface area (Å²) in [7, 11) is 0. The highest BCUT2D eigenvalue weighted by molar-refractivity contribution is 5.81. The van der Waals surface area contributed by atoms with Gasteiger partial charge in [0.05, 0.1) is 11.6 Å². The van der Waals surface area contributed by atoms with Crippen LogP contribution in [0.4, 0.5) is 0 Å². The van der Waals surface area contributed by atoms with Gasteiger partial charge in [0.15, 0.2) is 17.6 Å². The minimum absolute atomic E-state index is 0.0274. The predicted molar refractivity (Wildman–Crippen MR) is 104 cm³/mol. The Morgan fingerprint density at radius 2 is 1.93 bits per heavy atom. The predicted octanol–water partition coefficient (Wildman–Crippen LogP) is 3.87. The van der Waals surface area contributed by atoms with E-state index in [4.69, 9.17) is 14.4 Å². The van der Waals surface area contributed by atoms with E-state index in [1.807, 2.05) is 29.2 Å². The Morgan fingerprint density at radius 3 is 2.61 bits per heavy atom. The van der Waals surface area contributed by atoms with Crippen molar-refractivity contribution in [3.05, 3.63) is 60.0 Å². The number of carbonyl (C=O) groups is 1. The summed E-state index contributed by atoms with van der Waals surface area (Å²) in [6.07, 6.45) is 1.07. The van der Waals surface area contributed by atoms with E-state index in [9.17, 15) is 4.79 Å². The Hall–Kier alpha value is -3.33. The first kappa shape index (κ1) is 18.1. The summed E-state index contributed by atoms with van der Waals surface area (Å²) in [6, 6.07) is 16.6. The molecule has 3 aromatic rings. The number of hydrogen-bond donors (Lipinski definition) is 0. The fourth-order valence-electron chi connectivity index (χ4n) is 3.53. The molecule has 142 valence electrons. The summed E-state index contributed by atoms with van der Waals surface area (Å²) in [5.41, 5.74) is 2.24. The second-order valence-electron chi connectivity index (χ2n) is 7.02. The van der Waals surface area contributed by atoms with Gasteiger partial charge in [-0.25, -0.2) is 4.98 Å². The number of amides is 1. The zero-order valence-electron chi connectivity index (χ0n) is 15.7. The van der Waals surface area contributed by atoms with Crippen LogP contribution >= 0.6 is 0 Å². The standard InChI is InChI=1S/C22H21N3O3/c1-15(27-18-8-6-16(14-23)7-9-18)22(26)25-12-10-17(11-13-25)21-24-19-4-2-3-5-20(19)28-21/h2-9,15,17H,10-13H2,1H3. The summed E-state index contributed by atoms with van der Waals surface area (Å²) < 4.78 is 11.6. The first-order chi connectivity index (χ1) is 13.6. The summed E-state index contributed by atoms with van der Waals surface area (Å²) in [6.45, 7) is 3.07. The number of carbonyl (C=O) groups excluding carboxylic acids is 1. The normalized spacial score (nSPS) is 15.9. The molecule has 6 heteroatoms. The molecule has 0 radical (unpaired) electrons. The quantitative estimate of drug-likeness (QED) is 0.691. The topological polar surface area (TPSA) is 79.4 Å². The van der Waals surface area contributed by atoms with Crippen molar-refractivity contribution in [1.82, 2.24) is 9.88 Å². The Morgan fingerprint density at radius 1 is 1.21 bits per heavy atom. The van der Waals surface area contributed by atoms with Gasteiger partial charge in [-0.3, -0.25) is 4.79 Å². The third kappa shape index (κ3) is 3.70. The number of benzene rings is 2. The van der Waals surface area contributed by atoms with Crippen LogP contribution in [-0.2, 0) is 4.79 Å². The average molecular weight is 375 g/mol. The molecule has 0 spiro atoms. The van der Waals surface area contributed by atoms with Gasteiger partial charge >= 0.3 is 0 Å². The number of likely N-dealkylation sites (tertiary alicyclic amines) is 1. The Balaban J connectivity index is 1.34.